The van der Waals surface area contributed by atoms with Gasteiger partial charge in [0.15, 0.2) is 0 Å². The van der Waals surface area contributed by atoms with Crippen LogP contribution in [-0.4, -0.2) is 130 Å². The molecule has 5 atom stereocenters. The van der Waals surface area contributed by atoms with E-state index in [1.165, 1.54) is 0 Å². The van der Waals surface area contributed by atoms with Crippen LogP contribution in [0.3, 0.4) is 0 Å². The summed E-state index contributed by atoms with van der Waals surface area (Å²) in [5.41, 5.74) is 2.16. The Morgan fingerprint density at radius 1 is 0.911 bits per heavy atom. The molecule has 3 fully saturated rings. The lowest BCUT2D eigenvalue weighted by atomic mass is 9.62. The topological polar surface area (TPSA) is 132 Å². The lowest BCUT2D eigenvalue weighted by Crippen LogP contribution is -2.60. The number of morpholine rings is 1. The molecular weight excluding hydrogens is 754 g/mol. The van der Waals surface area contributed by atoms with E-state index in [1.54, 1.807) is 25.1 Å². The second-order valence-corrected chi connectivity index (χ2v) is 19.4. The molecule has 14 heteroatoms. The molecule has 4 heterocycles. The van der Waals surface area contributed by atoms with Crippen molar-refractivity contribution >= 4 is 39.1 Å². The van der Waals surface area contributed by atoms with Crippen molar-refractivity contribution in [3.05, 3.63) is 58.1 Å². The van der Waals surface area contributed by atoms with Gasteiger partial charge < -0.3 is 24.4 Å². The third-order valence-corrected chi connectivity index (χ3v) is 15.4. The highest BCUT2D eigenvalue weighted by atomic mass is 35.5. The first-order valence-corrected chi connectivity index (χ1v) is 22.7. The van der Waals surface area contributed by atoms with Crippen LogP contribution in [0, 0.1) is 17.8 Å². The van der Waals surface area contributed by atoms with Crippen LogP contribution >= 0.6 is 11.6 Å². The Balaban J connectivity index is 1.15. The smallest absolute Gasteiger partial charge is 0.264 e. The van der Waals surface area contributed by atoms with E-state index in [1.807, 2.05) is 30.0 Å². The maximum Gasteiger partial charge on any atom is 0.264 e. The molecule has 0 radical (unpaired) electrons. The number of rotatable bonds is 5. The van der Waals surface area contributed by atoms with Crippen molar-refractivity contribution in [2.75, 3.05) is 83.6 Å². The van der Waals surface area contributed by atoms with E-state index in [0.717, 1.165) is 81.8 Å². The van der Waals surface area contributed by atoms with Gasteiger partial charge in [0.25, 0.3) is 5.91 Å². The number of amides is 2. The molecule has 2 N–H and O–H groups in total. The predicted octanol–water partition coefficient (Wildman–Crippen LogP) is 4.56. The van der Waals surface area contributed by atoms with Gasteiger partial charge in [-0.05, 0) is 111 Å². The number of hydrogen-bond donors (Lipinski definition) is 2. The van der Waals surface area contributed by atoms with Gasteiger partial charge in [-0.3, -0.25) is 19.4 Å². The molecule has 0 aromatic heterocycles. The summed E-state index contributed by atoms with van der Waals surface area (Å²) in [7, 11) is -4.00. The molecule has 2 aromatic carbocycles. The molecule has 2 bridgehead atoms. The number of nitrogens with one attached hydrogen (secondary N) is 1. The molecule has 5 aliphatic rings. The van der Waals surface area contributed by atoms with E-state index >= 15 is 0 Å². The van der Waals surface area contributed by atoms with Gasteiger partial charge in [-0.15, -0.1) is 0 Å². The van der Waals surface area contributed by atoms with E-state index < -0.39 is 26.8 Å². The van der Waals surface area contributed by atoms with E-state index in [-0.39, 0.29) is 35.8 Å². The molecule has 12 nitrogen and oxygen atoms in total. The van der Waals surface area contributed by atoms with Crippen LogP contribution in [-0.2, 0) is 32.6 Å². The van der Waals surface area contributed by atoms with Gasteiger partial charge in [0.05, 0.1) is 36.3 Å². The lowest BCUT2D eigenvalue weighted by molar-refractivity contribution is -0.142. The van der Waals surface area contributed by atoms with Gasteiger partial charge in [-0.25, -0.2) is 13.1 Å². The molecule has 7 rings (SSSR count). The zero-order chi connectivity index (χ0) is 39.5. The highest BCUT2D eigenvalue weighted by molar-refractivity contribution is 7.90. The fraction of sp³-hybridized carbons (Fsp3) is 0.667. The Morgan fingerprint density at radius 2 is 1.73 bits per heavy atom. The van der Waals surface area contributed by atoms with Crippen molar-refractivity contribution in [1.82, 2.24) is 19.4 Å². The van der Waals surface area contributed by atoms with Crippen molar-refractivity contribution in [2.24, 2.45) is 17.8 Å². The highest BCUT2D eigenvalue weighted by Gasteiger charge is 2.48. The van der Waals surface area contributed by atoms with Gasteiger partial charge in [0.1, 0.15) is 12.4 Å². The number of aryl methyl sites for hydroxylation is 1. The van der Waals surface area contributed by atoms with Crippen LogP contribution in [0.25, 0.3) is 0 Å². The molecule has 2 amide bonds. The lowest BCUT2D eigenvalue weighted by Gasteiger charge is -2.51. The van der Waals surface area contributed by atoms with Crippen LogP contribution in [0.15, 0.2) is 36.4 Å². The largest absolute Gasteiger partial charge is 0.487 e. The van der Waals surface area contributed by atoms with Crippen LogP contribution in [0.4, 0.5) is 5.69 Å². The molecule has 4 aliphatic heterocycles. The third kappa shape index (κ3) is 9.67. The Hall–Kier alpha value is -2.94. The number of ether oxygens (including phenoxy) is 2. The number of nitrogens with zero attached hydrogens (tertiary/aromatic N) is 4. The Bertz CT molecular complexity index is 1830. The number of sulfonamides is 1. The number of β-amino-alcohol motifs (C(OH)–C–C–N with tert-alkyl or cyclic N) is 1. The molecular formula is C42H60ClN5O7S. The Kier molecular flexibility index (Phi) is 13.2. The first kappa shape index (κ1) is 41.2. The number of carbonyl (C=O) groups is 2. The van der Waals surface area contributed by atoms with Gasteiger partial charge in [0.2, 0.25) is 15.9 Å². The highest BCUT2D eigenvalue weighted by Crippen LogP contribution is 2.46. The average molecular weight is 814 g/mol. The number of piperazine rings is 1. The summed E-state index contributed by atoms with van der Waals surface area (Å²) in [6.07, 6.45) is 6.23. The van der Waals surface area contributed by atoms with E-state index in [9.17, 15) is 23.1 Å². The molecule has 56 heavy (non-hydrogen) atoms. The van der Waals surface area contributed by atoms with E-state index in [0.29, 0.717) is 75.9 Å². The third-order valence-electron chi connectivity index (χ3n) is 13.3. The van der Waals surface area contributed by atoms with Crippen molar-refractivity contribution < 1.29 is 32.6 Å². The van der Waals surface area contributed by atoms with Gasteiger partial charge >= 0.3 is 0 Å². The second-order valence-electron chi connectivity index (χ2n) is 16.9. The number of halogens is 1. The number of carbonyl (C=O) groups excluding carboxylic acids is 2. The van der Waals surface area contributed by atoms with Crippen LogP contribution in [0.5, 0.6) is 5.75 Å². The second kappa shape index (κ2) is 17.9. The quantitative estimate of drug-likeness (QED) is 0.443. The summed E-state index contributed by atoms with van der Waals surface area (Å²) < 4.78 is 41.5. The normalized spacial score (nSPS) is 29.9. The zero-order valence-electron chi connectivity index (χ0n) is 33.1. The summed E-state index contributed by atoms with van der Waals surface area (Å²) in [5.74, 6) is -0.00325. The molecule has 1 aliphatic carbocycles. The van der Waals surface area contributed by atoms with Crippen LogP contribution in [0.2, 0.25) is 5.02 Å². The first-order chi connectivity index (χ1) is 26.9. The summed E-state index contributed by atoms with van der Waals surface area (Å²) >= 11 is 6.39. The number of fused-ring (bicyclic) bond motifs is 3. The minimum absolute atomic E-state index is 0.00162. The standard InChI is InChI=1S/C42H60ClN5O7S/c1-30-6-5-14-42(51,29-46-17-19-47(40(49)27-46)18-16-45-20-22-54-23-21-45)37-12-9-34(37)26-48-15-4-3-7-32-24-36(43)11-8-35(32)28-55-39-13-10-33(25-38(39)48)41(50)44-56(52,53)31(30)2/h8,10-11,13,24-25,30-31,34,37,51H,3-7,9,12,14-23,26-29H2,1-2H3,(H,44,50)/t30-,31+,34-,37+,42-/m0/s1. The first-order valence-electron chi connectivity index (χ1n) is 20.8. The Labute approximate surface area is 337 Å². The van der Waals surface area contributed by atoms with Crippen molar-refractivity contribution in [3.8, 4) is 5.75 Å². The number of aliphatic hydroxyl groups is 1. The summed E-state index contributed by atoms with van der Waals surface area (Å²) in [6, 6.07) is 11.1. The SMILES string of the molecule is C[C@@H]1[C@@H](C)CCC[C@](O)(CN2CCN(CCN3CCOCC3)C(=O)C2)[C@@H]2CC[C@H]2CN2CCCCc3cc(Cl)ccc3COc3ccc(cc32)C(=O)NS1(=O)=O. The van der Waals surface area contributed by atoms with Crippen molar-refractivity contribution in [3.63, 3.8) is 0 Å². The van der Waals surface area contributed by atoms with Gasteiger partial charge in [-0.1, -0.05) is 31.0 Å². The molecule has 2 aromatic rings. The zero-order valence-corrected chi connectivity index (χ0v) is 34.7. The van der Waals surface area contributed by atoms with Crippen molar-refractivity contribution in [1.29, 1.82) is 0 Å². The maximum atomic E-state index is 13.6. The minimum Gasteiger partial charge on any atom is -0.487 e. The maximum absolute atomic E-state index is 13.6. The molecule has 1 saturated carbocycles. The summed E-state index contributed by atoms with van der Waals surface area (Å²) in [6.45, 7) is 12.0. The fourth-order valence-corrected chi connectivity index (χ4v) is 10.9. The van der Waals surface area contributed by atoms with Crippen LogP contribution in [0.1, 0.15) is 80.3 Å². The number of benzene rings is 2. The average Bonchev–Trinajstić information content (AvgIpc) is 3.18. The fourth-order valence-electron chi connectivity index (χ4n) is 9.39. The van der Waals surface area contributed by atoms with Gasteiger partial charge in [0, 0.05) is 69.5 Å². The van der Waals surface area contributed by atoms with Crippen molar-refractivity contribution in [2.45, 2.75) is 82.7 Å². The number of hydrogen-bond acceptors (Lipinski definition) is 10. The molecule has 308 valence electrons. The number of anilines is 1. The van der Waals surface area contributed by atoms with E-state index in [4.69, 9.17) is 21.1 Å². The minimum atomic E-state index is -4.00. The Morgan fingerprint density at radius 3 is 2.50 bits per heavy atom. The van der Waals surface area contributed by atoms with Crippen LogP contribution < -0.4 is 14.4 Å². The molecule has 2 saturated heterocycles. The molecule has 0 spiro atoms. The monoisotopic (exact) mass is 813 g/mol. The predicted molar refractivity (Wildman–Crippen MR) is 218 cm³/mol. The van der Waals surface area contributed by atoms with E-state index in [2.05, 4.69) is 19.4 Å². The summed E-state index contributed by atoms with van der Waals surface area (Å²) in [5, 5.41) is 12.7. The van der Waals surface area contributed by atoms with Gasteiger partial charge in [-0.2, -0.15) is 0 Å². The summed E-state index contributed by atoms with van der Waals surface area (Å²) in [4.78, 5) is 35.8. The molecule has 0 unspecified atom stereocenters.